The van der Waals surface area contributed by atoms with Gasteiger partial charge in [0.05, 0.1) is 3.70 Å². The number of hydrogen-bond acceptors (Lipinski definition) is 1. The lowest BCUT2D eigenvalue weighted by atomic mass is 10.1. The number of fused-ring (bicyclic) bond motifs is 1. The Morgan fingerprint density at radius 1 is 1.32 bits per heavy atom. The van der Waals surface area contributed by atoms with E-state index in [-0.39, 0.29) is 5.78 Å². The van der Waals surface area contributed by atoms with E-state index < -0.39 is 8.07 Å². The molecule has 0 spiro atoms. The predicted molar refractivity (Wildman–Crippen MR) is 90.8 cm³/mol. The normalized spacial score (nSPS) is 11.2. The van der Waals surface area contributed by atoms with Crippen LogP contribution in [0.5, 0.6) is 0 Å². The number of benzene rings is 1. The Morgan fingerprint density at radius 3 is 2.68 bits per heavy atom. The number of Topliss-reactive ketones (excluding diaryl/α,β-unsaturated/α-hetero) is 1. The van der Waals surface area contributed by atoms with Gasteiger partial charge in [-0.15, -0.1) is 5.54 Å². The highest BCUT2D eigenvalue weighted by molar-refractivity contribution is 14.1. The maximum Gasteiger partial charge on any atom is 0.209 e. The minimum Gasteiger partial charge on any atom is -0.350 e. The third kappa shape index (κ3) is 3.70. The number of carbonyl (C=O) groups is 1. The standard InChI is InChI=1S/C15H16INOSi/c1-19(2,3)9-8-11(18)10-13-12-6-4-5-7-14(12)17-15(13)16/h4-7,17H,10H2,1-3H3. The molecule has 2 nitrogen and oxygen atoms in total. The summed E-state index contributed by atoms with van der Waals surface area (Å²) in [7, 11) is -1.48. The van der Waals surface area contributed by atoms with Gasteiger partial charge in [-0.3, -0.25) is 4.79 Å². The first-order chi connectivity index (χ1) is 8.87. The van der Waals surface area contributed by atoms with E-state index in [1.807, 2.05) is 24.3 Å². The number of carbonyl (C=O) groups excluding carboxylic acids is 1. The average molecular weight is 381 g/mol. The summed E-state index contributed by atoms with van der Waals surface area (Å²) < 4.78 is 1.03. The van der Waals surface area contributed by atoms with Crippen LogP contribution in [0.3, 0.4) is 0 Å². The molecule has 98 valence electrons. The molecule has 19 heavy (non-hydrogen) atoms. The molecule has 1 N–H and O–H groups in total. The summed E-state index contributed by atoms with van der Waals surface area (Å²) in [6, 6.07) is 8.06. The molecule has 0 radical (unpaired) electrons. The molecule has 0 atom stereocenters. The second-order valence-electron chi connectivity index (χ2n) is 5.56. The number of nitrogens with one attached hydrogen (secondary N) is 1. The second-order valence-corrected chi connectivity index (χ2v) is 11.4. The fourth-order valence-electron chi connectivity index (χ4n) is 1.80. The molecule has 1 heterocycles. The van der Waals surface area contributed by atoms with Crippen molar-refractivity contribution in [3.05, 3.63) is 33.5 Å². The lowest BCUT2D eigenvalue weighted by Gasteiger charge is -2.03. The zero-order valence-electron chi connectivity index (χ0n) is 11.3. The second kappa shape index (κ2) is 5.51. The summed E-state index contributed by atoms with van der Waals surface area (Å²) >= 11 is 2.24. The summed E-state index contributed by atoms with van der Waals surface area (Å²) in [5.74, 6) is 2.81. The van der Waals surface area contributed by atoms with Gasteiger partial charge in [0.2, 0.25) is 5.78 Å². The minimum atomic E-state index is -1.48. The monoisotopic (exact) mass is 381 g/mol. The van der Waals surface area contributed by atoms with Gasteiger partial charge in [0.15, 0.2) is 0 Å². The van der Waals surface area contributed by atoms with Crippen molar-refractivity contribution in [3.8, 4) is 11.5 Å². The van der Waals surface area contributed by atoms with Crippen LogP contribution in [0.1, 0.15) is 5.56 Å². The Labute approximate surface area is 128 Å². The van der Waals surface area contributed by atoms with Gasteiger partial charge in [-0.25, -0.2) is 0 Å². The first kappa shape index (κ1) is 14.3. The largest absolute Gasteiger partial charge is 0.350 e. The zero-order chi connectivity index (χ0) is 14.0. The van der Waals surface area contributed by atoms with Crippen LogP contribution in [0, 0.1) is 15.2 Å². The maximum absolute atomic E-state index is 12.0. The van der Waals surface area contributed by atoms with Gasteiger partial charge < -0.3 is 4.98 Å². The van der Waals surface area contributed by atoms with Gasteiger partial charge in [0.1, 0.15) is 8.07 Å². The zero-order valence-corrected chi connectivity index (χ0v) is 14.5. The molecule has 1 aromatic heterocycles. The number of ketones is 1. The molecule has 2 aromatic rings. The molecular formula is C15H16INOSi. The first-order valence-electron chi connectivity index (χ1n) is 6.18. The van der Waals surface area contributed by atoms with Crippen molar-refractivity contribution in [2.24, 2.45) is 0 Å². The van der Waals surface area contributed by atoms with E-state index in [0.29, 0.717) is 6.42 Å². The molecular weight excluding hydrogens is 365 g/mol. The quantitative estimate of drug-likeness (QED) is 0.480. The van der Waals surface area contributed by atoms with Gasteiger partial charge in [0.25, 0.3) is 0 Å². The fourth-order valence-corrected chi connectivity index (χ4v) is 3.09. The van der Waals surface area contributed by atoms with Crippen LogP contribution >= 0.6 is 22.6 Å². The molecule has 0 aliphatic carbocycles. The highest BCUT2D eigenvalue weighted by atomic mass is 127. The van der Waals surface area contributed by atoms with Crippen molar-refractivity contribution in [2.45, 2.75) is 26.1 Å². The van der Waals surface area contributed by atoms with Gasteiger partial charge >= 0.3 is 0 Å². The van der Waals surface area contributed by atoms with Crippen LogP contribution in [0.4, 0.5) is 0 Å². The SMILES string of the molecule is C[Si](C)(C)C#CC(=O)Cc1c(I)[nH]c2ccccc12. The van der Waals surface area contributed by atoms with Crippen LogP contribution < -0.4 is 0 Å². The Hall–Kier alpha value is -1.06. The van der Waals surface area contributed by atoms with E-state index >= 15 is 0 Å². The number of hydrogen-bond donors (Lipinski definition) is 1. The summed E-state index contributed by atoms with van der Waals surface area (Å²) in [5.41, 5.74) is 5.27. The molecule has 0 amide bonds. The van der Waals surface area contributed by atoms with Crippen LogP contribution in [-0.2, 0) is 11.2 Å². The van der Waals surface area contributed by atoms with Crippen LogP contribution in [0.25, 0.3) is 10.9 Å². The van der Waals surface area contributed by atoms with Crippen molar-refractivity contribution in [1.29, 1.82) is 0 Å². The third-order valence-electron chi connectivity index (χ3n) is 2.68. The Kier molecular flexibility index (Phi) is 4.16. The maximum atomic E-state index is 12.0. The van der Waals surface area contributed by atoms with E-state index in [1.165, 1.54) is 0 Å². The Morgan fingerprint density at radius 2 is 2.00 bits per heavy atom. The average Bonchev–Trinajstić information content (AvgIpc) is 2.63. The van der Waals surface area contributed by atoms with E-state index in [4.69, 9.17) is 0 Å². The highest BCUT2D eigenvalue weighted by Crippen LogP contribution is 2.24. The number of H-pyrrole nitrogens is 1. The molecule has 0 bridgehead atoms. The molecule has 4 heteroatoms. The van der Waals surface area contributed by atoms with Crippen molar-refractivity contribution in [2.75, 3.05) is 0 Å². The lowest BCUT2D eigenvalue weighted by Crippen LogP contribution is -2.17. The van der Waals surface area contributed by atoms with Crippen molar-refractivity contribution < 1.29 is 4.79 Å². The summed E-state index contributed by atoms with van der Waals surface area (Å²) in [5, 5.41) is 1.12. The molecule has 0 aliphatic rings. The Bertz CT molecular complexity index is 685. The van der Waals surface area contributed by atoms with E-state index in [0.717, 1.165) is 20.2 Å². The van der Waals surface area contributed by atoms with Gasteiger partial charge in [-0.1, -0.05) is 37.8 Å². The summed E-state index contributed by atoms with van der Waals surface area (Å²) in [6.07, 6.45) is 0.389. The molecule has 0 aliphatic heterocycles. The lowest BCUT2D eigenvalue weighted by molar-refractivity contribution is -0.113. The van der Waals surface area contributed by atoms with Gasteiger partial charge in [0, 0.05) is 17.3 Å². The van der Waals surface area contributed by atoms with E-state index in [2.05, 4.69) is 58.7 Å². The molecule has 0 fully saturated rings. The van der Waals surface area contributed by atoms with Crippen LogP contribution in [0.15, 0.2) is 24.3 Å². The molecule has 2 rings (SSSR count). The first-order valence-corrected chi connectivity index (χ1v) is 10.8. The number of aromatic nitrogens is 1. The molecule has 1 aromatic carbocycles. The van der Waals surface area contributed by atoms with Gasteiger partial charge in [-0.2, -0.15) is 0 Å². The topological polar surface area (TPSA) is 32.9 Å². The van der Waals surface area contributed by atoms with E-state index in [1.54, 1.807) is 0 Å². The number of para-hydroxylation sites is 1. The fraction of sp³-hybridized carbons (Fsp3) is 0.267. The van der Waals surface area contributed by atoms with Gasteiger partial charge in [-0.05, 0) is 40.1 Å². The van der Waals surface area contributed by atoms with Crippen molar-refractivity contribution >= 4 is 47.4 Å². The van der Waals surface area contributed by atoms with Crippen molar-refractivity contribution in [3.63, 3.8) is 0 Å². The number of rotatable bonds is 2. The third-order valence-corrected chi connectivity index (χ3v) is 4.47. The Balaban J connectivity index is 2.28. The van der Waals surface area contributed by atoms with Crippen molar-refractivity contribution in [1.82, 2.24) is 4.98 Å². The predicted octanol–water partition coefficient (Wildman–Crippen LogP) is 3.76. The summed E-state index contributed by atoms with van der Waals surface area (Å²) in [4.78, 5) is 15.3. The summed E-state index contributed by atoms with van der Waals surface area (Å²) in [6.45, 7) is 6.42. The smallest absolute Gasteiger partial charge is 0.209 e. The minimum absolute atomic E-state index is 0.00472. The molecule has 0 saturated heterocycles. The number of aromatic amines is 1. The van der Waals surface area contributed by atoms with E-state index in [9.17, 15) is 4.79 Å². The molecule has 0 unspecified atom stereocenters. The molecule has 0 saturated carbocycles. The van der Waals surface area contributed by atoms with Crippen LogP contribution in [0.2, 0.25) is 19.6 Å². The highest BCUT2D eigenvalue weighted by Gasteiger charge is 2.13. The number of halogens is 1. The van der Waals surface area contributed by atoms with Crippen LogP contribution in [-0.4, -0.2) is 18.8 Å².